The summed E-state index contributed by atoms with van der Waals surface area (Å²) >= 11 is 0. The molecule has 0 unspecified atom stereocenters. The molecule has 1 saturated carbocycles. The summed E-state index contributed by atoms with van der Waals surface area (Å²) in [5.74, 6) is 0. The number of nitrogens with zero attached hydrogens (tertiary/aromatic N) is 2. The first-order valence-electron chi connectivity index (χ1n) is 6.54. The summed E-state index contributed by atoms with van der Waals surface area (Å²) in [7, 11) is -3.28. The predicted molar refractivity (Wildman–Crippen MR) is 69.9 cm³/mol. The molecule has 0 saturated heterocycles. The summed E-state index contributed by atoms with van der Waals surface area (Å²) in [6.07, 6.45) is 3.85. The molecule has 0 spiro atoms. The van der Waals surface area contributed by atoms with E-state index in [2.05, 4.69) is 0 Å². The average molecular weight is 263 g/mol. The fraction of sp³-hybridized carbons (Fsp3) is 1.00. The first kappa shape index (κ1) is 14.9. The molecule has 0 amide bonds. The monoisotopic (exact) mass is 263 g/mol. The Bertz CT molecular complexity index is 311. The van der Waals surface area contributed by atoms with Crippen LogP contribution in [0.2, 0.25) is 0 Å². The van der Waals surface area contributed by atoms with Gasteiger partial charge in [0.25, 0.3) is 10.2 Å². The van der Waals surface area contributed by atoms with Gasteiger partial charge in [-0.15, -0.1) is 0 Å². The third-order valence-electron chi connectivity index (χ3n) is 3.39. The van der Waals surface area contributed by atoms with E-state index in [9.17, 15) is 8.42 Å². The third kappa shape index (κ3) is 3.40. The fourth-order valence-corrected chi connectivity index (χ4v) is 4.00. The zero-order valence-electron chi connectivity index (χ0n) is 10.9. The van der Waals surface area contributed by atoms with Gasteiger partial charge in [0.1, 0.15) is 0 Å². The van der Waals surface area contributed by atoms with Gasteiger partial charge in [-0.25, -0.2) is 0 Å². The van der Waals surface area contributed by atoms with E-state index in [4.69, 9.17) is 5.73 Å². The molecule has 0 aromatic rings. The Morgan fingerprint density at radius 2 is 1.82 bits per heavy atom. The largest absolute Gasteiger partial charge is 0.330 e. The lowest BCUT2D eigenvalue weighted by atomic mass is 9.93. The van der Waals surface area contributed by atoms with Crippen LogP contribution in [0.3, 0.4) is 0 Å². The molecule has 1 rings (SSSR count). The smallest absolute Gasteiger partial charge is 0.282 e. The predicted octanol–water partition coefficient (Wildman–Crippen LogP) is 0.776. The van der Waals surface area contributed by atoms with E-state index in [1.165, 1.54) is 4.31 Å². The summed E-state index contributed by atoms with van der Waals surface area (Å²) in [6.45, 7) is 5.91. The minimum Gasteiger partial charge on any atom is -0.330 e. The number of hydrogen-bond acceptors (Lipinski definition) is 3. The van der Waals surface area contributed by atoms with Gasteiger partial charge in [0.2, 0.25) is 0 Å². The third-order valence-corrected chi connectivity index (χ3v) is 5.64. The van der Waals surface area contributed by atoms with Crippen LogP contribution in [0.25, 0.3) is 0 Å². The molecule has 0 atom stereocenters. The summed E-state index contributed by atoms with van der Waals surface area (Å²) in [4.78, 5) is 0. The Labute approximate surface area is 105 Å². The molecule has 1 fully saturated rings. The number of hydrogen-bond donors (Lipinski definition) is 1. The normalized spacial score (nSPS) is 17.7. The van der Waals surface area contributed by atoms with Crippen molar-refractivity contribution in [3.05, 3.63) is 0 Å². The molecule has 0 radical (unpaired) electrons. The fourth-order valence-electron chi connectivity index (χ4n) is 2.11. The quantitative estimate of drug-likeness (QED) is 0.703. The number of rotatable bonds is 8. The summed E-state index contributed by atoms with van der Waals surface area (Å²) in [5.41, 5.74) is 5.49. The standard InChI is InChI=1S/C11H25N3O2S/c1-3-13(4-2)17(15,16)14(10-6-9-12)11-7-5-8-11/h11H,3-10,12H2,1-2H3. The lowest BCUT2D eigenvalue weighted by Gasteiger charge is -2.39. The highest BCUT2D eigenvalue weighted by molar-refractivity contribution is 7.86. The van der Waals surface area contributed by atoms with Crippen molar-refractivity contribution in [2.45, 2.75) is 45.6 Å². The van der Waals surface area contributed by atoms with Gasteiger partial charge in [-0.1, -0.05) is 20.3 Å². The molecule has 6 heteroatoms. The topological polar surface area (TPSA) is 66.6 Å². The Morgan fingerprint density at radius 1 is 1.24 bits per heavy atom. The van der Waals surface area contributed by atoms with E-state index in [0.29, 0.717) is 26.2 Å². The minimum absolute atomic E-state index is 0.201. The summed E-state index contributed by atoms with van der Waals surface area (Å²) in [6, 6.07) is 0.201. The van der Waals surface area contributed by atoms with Crippen LogP contribution in [0.15, 0.2) is 0 Å². The molecule has 5 nitrogen and oxygen atoms in total. The lowest BCUT2D eigenvalue weighted by Crippen LogP contribution is -2.51. The first-order chi connectivity index (χ1) is 8.07. The minimum atomic E-state index is -3.28. The highest BCUT2D eigenvalue weighted by Crippen LogP contribution is 2.28. The Hall–Kier alpha value is -0.170. The van der Waals surface area contributed by atoms with Crippen LogP contribution in [0, 0.1) is 0 Å². The SMILES string of the molecule is CCN(CC)S(=O)(=O)N(CCCN)C1CCC1. The molecule has 0 aliphatic heterocycles. The van der Waals surface area contributed by atoms with Crippen molar-refractivity contribution in [2.24, 2.45) is 5.73 Å². The van der Waals surface area contributed by atoms with Crippen LogP contribution >= 0.6 is 0 Å². The van der Waals surface area contributed by atoms with Gasteiger partial charge in [-0.3, -0.25) is 0 Å². The Balaban J connectivity index is 2.79. The molecule has 1 aliphatic rings. The molecule has 0 aromatic heterocycles. The van der Waals surface area contributed by atoms with Gasteiger partial charge in [-0.2, -0.15) is 17.0 Å². The zero-order chi connectivity index (χ0) is 12.9. The molecular weight excluding hydrogens is 238 g/mol. The van der Waals surface area contributed by atoms with Crippen molar-refractivity contribution in [3.8, 4) is 0 Å². The first-order valence-corrected chi connectivity index (χ1v) is 7.94. The van der Waals surface area contributed by atoms with Gasteiger partial charge < -0.3 is 5.73 Å². The molecule has 17 heavy (non-hydrogen) atoms. The van der Waals surface area contributed by atoms with Gasteiger partial charge in [-0.05, 0) is 25.8 Å². The maximum absolute atomic E-state index is 12.4. The Morgan fingerprint density at radius 3 is 2.18 bits per heavy atom. The highest BCUT2D eigenvalue weighted by Gasteiger charge is 2.35. The van der Waals surface area contributed by atoms with E-state index in [0.717, 1.165) is 25.7 Å². The van der Waals surface area contributed by atoms with Crippen molar-refractivity contribution in [2.75, 3.05) is 26.2 Å². The van der Waals surface area contributed by atoms with Gasteiger partial charge >= 0.3 is 0 Å². The second-order valence-electron chi connectivity index (χ2n) is 4.43. The Kier molecular flexibility index (Phi) is 5.85. The van der Waals surface area contributed by atoms with Crippen molar-refractivity contribution >= 4 is 10.2 Å². The maximum atomic E-state index is 12.4. The van der Waals surface area contributed by atoms with Gasteiger partial charge in [0.15, 0.2) is 0 Å². The van der Waals surface area contributed by atoms with Crippen LogP contribution in [-0.4, -0.2) is 49.2 Å². The van der Waals surface area contributed by atoms with Gasteiger partial charge in [0.05, 0.1) is 0 Å². The molecule has 102 valence electrons. The van der Waals surface area contributed by atoms with Crippen molar-refractivity contribution < 1.29 is 8.42 Å². The van der Waals surface area contributed by atoms with E-state index in [-0.39, 0.29) is 6.04 Å². The van der Waals surface area contributed by atoms with Crippen LogP contribution in [0.5, 0.6) is 0 Å². The maximum Gasteiger partial charge on any atom is 0.282 e. The second-order valence-corrected chi connectivity index (χ2v) is 6.31. The number of nitrogens with two attached hydrogens (primary N) is 1. The molecule has 0 bridgehead atoms. The van der Waals surface area contributed by atoms with Crippen molar-refractivity contribution in [3.63, 3.8) is 0 Å². The summed E-state index contributed by atoms with van der Waals surface area (Å²) in [5, 5.41) is 0. The molecule has 0 heterocycles. The second kappa shape index (κ2) is 6.68. The van der Waals surface area contributed by atoms with Gasteiger partial charge in [0, 0.05) is 25.7 Å². The van der Waals surface area contributed by atoms with Crippen LogP contribution in [0.4, 0.5) is 0 Å². The van der Waals surface area contributed by atoms with Crippen LogP contribution in [-0.2, 0) is 10.2 Å². The lowest BCUT2D eigenvalue weighted by molar-refractivity contribution is 0.204. The van der Waals surface area contributed by atoms with E-state index in [1.54, 1.807) is 4.31 Å². The van der Waals surface area contributed by atoms with E-state index < -0.39 is 10.2 Å². The van der Waals surface area contributed by atoms with E-state index in [1.807, 2.05) is 13.8 Å². The highest BCUT2D eigenvalue weighted by atomic mass is 32.2. The van der Waals surface area contributed by atoms with Crippen molar-refractivity contribution in [1.82, 2.24) is 8.61 Å². The summed E-state index contributed by atoms with van der Waals surface area (Å²) < 4.78 is 28.1. The van der Waals surface area contributed by atoms with Crippen LogP contribution in [0.1, 0.15) is 39.5 Å². The molecule has 0 aromatic carbocycles. The zero-order valence-corrected chi connectivity index (χ0v) is 11.7. The molecule has 1 aliphatic carbocycles. The van der Waals surface area contributed by atoms with Crippen LogP contribution < -0.4 is 5.73 Å². The van der Waals surface area contributed by atoms with E-state index >= 15 is 0 Å². The van der Waals surface area contributed by atoms with Crippen molar-refractivity contribution in [1.29, 1.82) is 0 Å². The average Bonchev–Trinajstić information content (AvgIpc) is 2.22. The molecule has 2 N–H and O–H groups in total. The molecular formula is C11H25N3O2S.